The van der Waals surface area contributed by atoms with Crippen molar-refractivity contribution in [1.82, 2.24) is 4.90 Å². The highest BCUT2D eigenvalue weighted by Gasteiger charge is 2.78. The van der Waals surface area contributed by atoms with Gasteiger partial charge in [0, 0.05) is 49.7 Å². The number of nitrogens with zero attached hydrogens (tertiary/aromatic N) is 2. The molecule has 2 saturated carbocycles. The fourth-order valence-electron chi connectivity index (χ4n) is 7.97. The SMILES string of the molecule is Cc1cccc(N2CCN(C[C@H]3C(=O)O[C@@H]4C[C@]5(C)CCC[C@H](C)[C@]56O[C@H]6[C@H]43)CC2)c1C. The van der Waals surface area contributed by atoms with Crippen LogP contribution in [0.3, 0.4) is 0 Å². The summed E-state index contributed by atoms with van der Waals surface area (Å²) in [5.41, 5.74) is 4.26. The van der Waals surface area contributed by atoms with Crippen LogP contribution in [0.2, 0.25) is 0 Å². The van der Waals surface area contributed by atoms with E-state index in [0.717, 1.165) is 39.1 Å². The molecule has 3 saturated heterocycles. The van der Waals surface area contributed by atoms with Crippen molar-refractivity contribution in [3.63, 3.8) is 0 Å². The molecule has 7 atom stereocenters. The summed E-state index contributed by atoms with van der Waals surface area (Å²) in [7, 11) is 0. The largest absolute Gasteiger partial charge is 0.462 e. The summed E-state index contributed by atoms with van der Waals surface area (Å²) in [6.45, 7) is 14.0. The molecule has 5 nitrogen and oxygen atoms in total. The van der Waals surface area contributed by atoms with Gasteiger partial charge in [0.2, 0.25) is 0 Å². The van der Waals surface area contributed by atoms with Crippen molar-refractivity contribution in [3.8, 4) is 0 Å². The number of carbonyl (C=O) groups is 1. The number of benzene rings is 1. The first-order valence-corrected chi connectivity index (χ1v) is 12.8. The normalized spacial score (nSPS) is 43.3. The van der Waals surface area contributed by atoms with E-state index in [1.807, 2.05) is 0 Å². The molecule has 0 N–H and O–H groups in total. The molecule has 0 aromatic heterocycles. The van der Waals surface area contributed by atoms with Crippen LogP contribution in [0.4, 0.5) is 5.69 Å². The second kappa shape index (κ2) is 7.20. The van der Waals surface area contributed by atoms with E-state index in [0.29, 0.717) is 5.92 Å². The molecular weight excluding hydrogens is 400 g/mol. The zero-order valence-electron chi connectivity index (χ0n) is 20.1. The molecule has 5 fully saturated rings. The second-order valence-electron chi connectivity index (χ2n) is 11.6. The molecule has 5 aliphatic rings. The van der Waals surface area contributed by atoms with Crippen molar-refractivity contribution < 1.29 is 14.3 Å². The minimum atomic E-state index is -0.0321. The second-order valence-corrected chi connectivity index (χ2v) is 11.6. The molecule has 174 valence electrons. The zero-order chi connectivity index (χ0) is 22.3. The Kier molecular flexibility index (Phi) is 4.72. The lowest BCUT2D eigenvalue weighted by Crippen LogP contribution is -2.55. The number of rotatable bonds is 3. The first-order chi connectivity index (χ1) is 15.3. The van der Waals surface area contributed by atoms with Gasteiger partial charge in [-0.3, -0.25) is 9.69 Å². The molecule has 0 unspecified atom stereocenters. The quantitative estimate of drug-likeness (QED) is 0.528. The molecule has 5 heteroatoms. The van der Waals surface area contributed by atoms with E-state index < -0.39 is 0 Å². The number of aryl methyl sites for hydroxylation is 1. The minimum absolute atomic E-state index is 0.0000399. The predicted octanol–water partition coefficient (Wildman–Crippen LogP) is 3.95. The Morgan fingerprint density at radius 1 is 1.16 bits per heavy atom. The maximum atomic E-state index is 13.0. The van der Waals surface area contributed by atoms with Crippen LogP contribution in [0.5, 0.6) is 0 Å². The Morgan fingerprint density at radius 2 is 1.94 bits per heavy atom. The fourth-order valence-corrected chi connectivity index (χ4v) is 7.97. The highest BCUT2D eigenvalue weighted by Crippen LogP contribution is 2.70. The minimum Gasteiger partial charge on any atom is -0.462 e. The zero-order valence-corrected chi connectivity index (χ0v) is 20.1. The van der Waals surface area contributed by atoms with E-state index in [1.54, 1.807) is 0 Å². The Balaban J connectivity index is 1.15. The van der Waals surface area contributed by atoms with Gasteiger partial charge in [-0.15, -0.1) is 0 Å². The fraction of sp³-hybridized carbons (Fsp3) is 0.741. The summed E-state index contributed by atoms with van der Waals surface area (Å²) in [6.07, 6.45) is 4.99. The van der Waals surface area contributed by atoms with Gasteiger partial charge in [0.25, 0.3) is 0 Å². The lowest BCUT2D eigenvalue weighted by atomic mass is 9.53. The molecule has 1 aromatic rings. The molecular formula is C27H38N2O3. The van der Waals surface area contributed by atoms with Gasteiger partial charge in [-0.1, -0.05) is 32.4 Å². The van der Waals surface area contributed by atoms with Crippen LogP contribution in [0, 0.1) is 37.0 Å². The molecule has 1 spiro atoms. The Morgan fingerprint density at radius 3 is 2.72 bits per heavy atom. The van der Waals surface area contributed by atoms with Crippen LogP contribution in [-0.4, -0.2) is 61.4 Å². The Labute approximate surface area is 192 Å². The van der Waals surface area contributed by atoms with Crippen molar-refractivity contribution >= 4 is 11.7 Å². The maximum absolute atomic E-state index is 13.0. The lowest BCUT2D eigenvalue weighted by molar-refractivity contribution is -0.146. The van der Waals surface area contributed by atoms with Crippen LogP contribution in [0.15, 0.2) is 18.2 Å². The molecule has 6 rings (SSSR count). The smallest absolute Gasteiger partial charge is 0.311 e. The van der Waals surface area contributed by atoms with Crippen molar-refractivity contribution in [2.45, 2.75) is 71.2 Å². The Hall–Kier alpha value is -1.59. The van der Waals surface area contributed by atoms with E-state index >= 15 is 0 Å². The Bertz CT molecular complexity index is 925. The van der Waals surface area contributed by atoms with E-state index in [9.17, 15) is 4.79 Å². The van der Waals surface area contributed by atoms with Crippen molar-refractivity contribution in [3.05, 3.63) is 29.3 Å². The molecule has 3 heterocycles. The number of hydrogen-bond donors (Lipinski definition) is 0. The number of carbonyl (C=O) groups excluding carboxylic acids is 1. The number of epoxide rings is 1. The summed E-state index contributed by atoms with van der Waals surface area (Å²) < 4.78 is 12.6. The van der Waals surface area contributed by atoms with Crippen LogP contribution < -0.4 is 4.90 Å². The molecule has 3 aliphatic heterocycles. The summed E-state index contributed by atoms with van der Waals surface area (Å²) in [4.78, 5) is 18.0. The molecule has 1 aromatic carbocycles. The lowest BCUT2D eigenvalue weighted by Gasteiger charge is -2.49. The first kappa shape index (κ1) is 21.0. The summed E-state index contributed by atoms with van der Waals surface area (Å²) in [6, 6.07) is 6.59. The van der Waals surface area contributed by atoms with E-state index in [1.165, 1.54) is 36.1 Å². The van der Waals surface area contributed by atoms with E-state index in [-0.39, 0.29) is 41.0 Å². The monoisotopic (exact) mass is 438 g/mol. The third-order valence-corrected chi connectivity index (χ3v) is 9.94. The predicted molar refractivity (Wildman–Crippen MR) is 125 cm³/mol. The van der Waals surface area contributed by atoms with Gasteiger partial charge >= 0.3 is 5.97 Å². The number of hydrogen-bond acceptors (Lipinski definition) is 5. The number of esters is 1. The van der Waals surface area contributed by atoms with Crippen LogP contribution in [0.1, 0.15) is 50.7 Å². The average molecular weight is 439 g/mol. The van der Waals surface area contributed by atoms with Gasteiger partial charge in [0.1, 0.15) is 11.7 Å². The number of anilines is 1. The van der Waals surface area contributed by atoms with Gasteiger partial charge in [0.15, 0.2) is 0 Å². The van der Waals surface area contributed by atoms with Crippen LogP contribution in [0.25, 0.3) is 0 Å². The summed E-state index contributed by atoms with van der Waals surface area (Å²) in [5.74, 6) is 0.825. The van der Waals surface area contributed by atoms with Crippen molar-refractivity contribution in [2.24, 2.45) is 23.2 Å². The van der Waals surface area contributed by atoms with E-state index in [4.69, 9.17) is 9.47 Å². The van der Waals surface area contributed by atoms with Gasteiger partial charge < -0.3 is 14.4 Å². The first-order valence-electron chi connectivity index (χ1n) is 12.8. The molecule has 0 amide bonds. The molecule has 2 aliphatic carbocycles. The van der Waals surface area contributed by atoms with Crippen LogP contribution in [-0.2, 0) is 14.3 Å². The van der Waals surface area contributed by atoms with Gasteiger partial charge in [-0.05, 0) is 56.2 Å². The highest BCUT2D eigenvalue weighted by atomic mass is 16.6. The summed E-state index contributed by atoms with van der Waals surface area (Å²) >= 11 is 0. The van der Waals surface area contributed by atoms with Crippen molar-refractivity contribution in [1.29, 1.82) is 0 Å². The molecule has 0 bridgehead atoms. The number of fused-ring (bicyclic) bond motifs is 2. The molecule has 32 heavy (non-hydrogen) atoms. The average Bonchev–Trinajstić information content (AvgIpc) is 3.45. The maximum Gasteiger partial charge on any atom is 0.311 e. The third-order valence-electron chi connectivity index (χ3n) is 9.94. The van der Waals surface area contributed by atoms with E-state index in [2.05, 4.69) is 55.7 Å². The topological polar surface area (TPSA) is 45.3 Å². The van der Waals surface area contributed by atoms with Crippen molar-refractivity contribution in [2.75, 3.05) is 37.6 Å². The van der Waals surface area contributed by atoms with Gasteiger partial charge in [-0.25, -0.2) is 0 Å². The van der Waals surface area contributed by atoms with Gasteiger partial charge in [0.05, 0.1) is 12.0 Å². The highest BCUT2D eigenvalue weighted by molar-refractivity contribution is 5.76. The summed E-state index contributed by atoms with van der Waals surface area (Å²) in [5, 5.41) is 0. The standard InChI is InChI=1S/C27H38N2O3/c1-17-7-5-9-21(19(17)3)29-13-11-28(12-14-29)16-20-23-22(31-25(20)30)15-26(4)10-6-8-18(2)27(26)24(23)32-27/h5,7,9,18,20,22-24H,6,8,10-16H2,1-4H3/t18-,20+,22+,23-,24-,26-,27+/m0/s1. The molecule has 0 radical (unpaired) electrons. The number of piperazine rings is 1. The van der Waals surface area contributed by atoms with Gasteiger partial charge in [-0.2, -0.15) is 0 Å². The number of ether oxygens (including phenoxy) is 2. The third kappa shape index (κ3) is 2.86. The van der Waals surface area contributed by atoms with Crippen LogP contribution >= 0.6 is 0 Å².